The van der Waals surface area contributed by atoms with Crippen molar-refractivity contribution >= 4 is 29.3 Å². The van der Waals surface area contributed by atoms with Gasteiger partial charge in [0, 0.05) is 10.6 Å². The molecule has 0 aliphatic heterocycles. The van der Waals surface area contributed by atoms with Crippen LogP contribution in [0, 0.1) is 0 Å². The van der Waals surface area contributed by atoms with Gasteiger partial charge in [-0.2, -0.15) is 8.78 Å². The Balaban J connectivity index is 1.76. The number of esters is 1. The molecule has 0 saturated heterocycles. The molecule has 0 aromatic heterocycles. The topological polar surface area (TPSA) is 64.6 Å². The second kappa shape index (κ2) is 9.76. The van der Waals surface area contributed by atoms with Crippen molar-refractivity contribution in [3.63, 3.8) is 0 Å². The maximum absolute atomic E-state index is 12.2. The largest absolute Gasteiger partial charge is 0.479 e. The summed E-state index contributed by atoms with van der Waals surface area (Å²) >= 11 is 0.415. The quantitative estimate of drug-likeness (QED) is 0.554. The number of nitrogens with one attached hydrogen (secondary N) is 1. The Morgan fingerprint density at radius 3 is 2.35 bits per heavy atom. The number of benzene rings is 2. The van der Waals surface area contributed by atoms with E-state index in [0.717, 1.165) is 0 Å². The van der Waals surface area contributed by atoms with Gasteiger partial charge >= 0.3 is 5.97 Å². The van der Waals surface area contributed by atoms with Gasteiger partial charge in [0.15, 0.2) is 12.7 Å². The minimum atomic E-state index is -2.50. The fourth-order valence-corrected chi connectivity index (χ4v) is 2.42. The number of alkyl halides is 2. The summed E-state index contributed by atoms with van der Waals surface area (Å²) in [5, 5.41) is 2.51. The number of para-hydroxylation sites is 1. The minimum absolute atomic E-state index is 0.385. The Hall–Kier alpha value is -2.61. The van der Waals surface area contributed by atoms with Gasteiger partial charge in [-0.15, -0.1) is 0 Å². The molecular formula is C18H17F2NO4S. The van der Waals surface area contributed by atoms with Gasteiger partial charge in [0.05, 0.1) is 0 Å². The number of carbonyl (C=O) groups is 2. The monoisotopic (exact) mass is 381 g/mol. The molecule has 5 nitrogen and oxygen atoms in total. The Morgan fingerprint density at radius 1 is 1.08 bits per heavy atom. The standard InChI is InChI=1S/C18H17F2NO4S/c1-12(25-14-5-3-2-4-6-14)17(23)24-11-16(22)21-13-7-9-15(10-8-13)26-18(19)20/h2-10,12,18H,11H2,1H3,(H,21,22)/t12-/m1/s1. The van der Waals surface area contributed by atoms with Gasteiger partial charge < -0.3 is 14.8 Å². The molecule has 26 heavy (non-hydrogen) atoms. The third-order valence-electron chi connectivity index (χ3n) is 3.10. The lowest BCUT2D eigenvalue weighted by Gasteiger charge is -2.14. The first-order valence-corrected chi connectivity index (χ1v) is 8.55. The van der Waals surface area contributed by atoms with Crippen LogP contribution in [0.25, 0.3) is 0 Å². The summed E-state index contributed by atoms with van der Waals surface area (Å²) in [5.74, 6) is -3.20. The second-order valence-corrected chi connectivity index (χ2v) is 6.20. The molecule has 2 aromatic carbocycles. The van der Waals surface area contributed by atoms with Crippen LogP contribution < -0.4 is 10.1 Å². The molecule has 0 saturated carbocycles. The van der Waals surface area contributed by atoms with E-state index in [1.165, 1.54) is 31.2 Å². The number of hydrogen-bond donors (Lipinski definition) is 1. The van der Waals surface area contributed by atoms with Crippen LogP contribution in [0.1, 0.15) is 6.92 Å². The van der Waals surface area contributed by atoms with Gasteiger partial charge in [0.1, 0.15) is 5.75 Å². The molecule has 0 heterocycles. The van der Waals surface area contributed by atoms with E-state index in [0.29, 0.717) is 28.1 Å². The highest BCUT2D eigenvalue weighted by Gasteiger charge is 2.17. The van der Waals surface area contributed by atoms with E-state index in [-0.39, 0.29) is 0 Å². The lowest BCUT2D eigenvalue weighted by Crippen LogP contribution is -2.29. The fraction of sp³-hybridized carbons (Fsp3) is 0.222. The molecule has 0 unspecified atom stereocenters. The van der Waals surface area contributed by atoms with Crippen LogP contribution in [-0.2, 0) is 14.3 Å². The molecule has 0 radical (unpaired) electrons. The molecule has 0 aliphatic rings. The van der Waals surface area contributed by atoms with Crippen LogP contribution in [0.5, 0.6) is 5.75 Å². The summed E-state index contributed by atoms with van der Waals surface area (Å²) < 4.78 is 34.8. The van der Waals surface area contributed by atoms with E-state index in [4.69, 9.17) is 9.47 Å². The van der Waals surface area contributed by atoms with E-state index in [1.807, 2.05) is 6.07 Å². The Kier molecular flexibility index (Phi) is 7.40. The van der Waals surface area contributed by atoms with Crippen molar-refractivity contribution in [3.05, 3.63) is 54.6 Å². The zero-order chi connectivity index (χ0) is 18.9. The first kappa shape index (κ1) is 19.7. The number of halogens is 2. The zero-order valence-corrected chi connectivity index (χ0v) is 14.7. The van der Waals surface area contributed by atoms with Gasteiger partial charge in [-0.3, -0.25) is 4.79 Å². The molecule has 2 rings (SSSR count). The number of hydrogen-bond acceptors (Lipinski definition) is 5. The summed E-state index contributed by atoms with van der Waals surface area (Å²) in [6.45, 7) is 1.04. The van der Waals surface area contributed by atoms with E-state index >= 15 is 0 Å². The van der Waals surface area contributed by atoms with Crippen molar-refractivity contribution in [1.82, 2.24) is 0 Å². The first-order chi connectivity index (χ1) is 12.4. The van der Waals surface area contributed by atoms with Gasteiger partial charge in [-0.25, -0.2) is 4.79 Å². The van der Waals surface area contributed by atoms with E-state index in [1.54, 1.807) is 24.3 Å². The third-order valence-corrected chi connectivity index (χ3v) is 3.82. The van der Waals surface area contributed by atoms with E-state index in [2.05, 4.69) is 5.32 Å². The van der Waals surface area contributed by atoms with Crippen molar-refractivity contribution in [1.29, 1.82) is 0 Å². The molecule has 0 aliphatic carbocycles. The van der Waals surface area contributed by atoms with Crippen molar-refractivity contribution < 1.29 is 27.8 Å². The third kappa shape index (κ3) is 6.72. The highest BCUT2D eigenvalue weighted by molar-refractivity contribution is 7.99. The SMILES string of the molecule is C[C@@H](Oc1ccccc1)C(=O)OCC(=O)Nc1ccc(SC(F)F)cc1. The van der Waals surface area contributed by atoms with Gasteiger partial charge in [-0.05, 0) is 43.3 Å². The van der Waals surface area contributed by atoms with Crippen LogP contribution in [0.3, 0.4) is 0 Å². The highest BCUT2D eigenvalue weighted by Crippen LogP contribution is 2.26. The van der Waals surface area contributed by atoms with Gasteiger partial charge in [0.2, 0.25) is 0 Å². The van der Waals surface area contributed by atoms with Gasteiger partial charge in [-0.1, -0.05) is 30.0 Å². The predicted molar refractivity (Wildman–Crippen MR) is 94.4 cm³/mol. The Bertz CT molecular complexity index is 726. The highest BCUT2D eigenvalue weighted by atomic mass is 32.2. The lowest BCUT2D eigenvalue weighted by molar-refractivity contribution is -0.153. The lowest BCUT2D eigenvalue weighted by atomic mass is 10.3. The predicted octanol–water partition coefficient (Wildman–Crippen LogP) is 3.95. The normalized spacial score (nSPS) is 11.7. The molecule has 0 spiro atoms. The van der Waals surface area contributed by atoms with Crippen LogP contribution in [0.4, 0.5) is 14.5 Å². The molecular weight excluding hydrogens is 364 g/mol. The molecule has 2 aromatic rings. The van der Waals surface area contributed by atoms with E-state index < -0.39 is 30.3 Å². The number of anilines is 1. The summed E-state index contributed by atoms with van der Waals surface area (Å²) in [5.41, 5.74) is 0.415. The molecule has 0 fully saturated rings. The number of thioether (sulfide) groups is 1. The molecule has 1 atom stereocenters. The van der Waals surface area contributed by atoms with Crippen molar-refractivity contribution in [2.75, 3.05) is 11.9 Å². The minimum Gasteiger partial charge on any atom is -0.479 e. The van der Waals surface area contributed by atoms with Crippen LogP contribution in [0.2, 0.25) is 0 Å². The maximum Gasteiger partial charge on any atom is 0.347 e. The maximum atomic E-state index is 12.2. The number of amides is 1. The molecule has 1 amide bonds. The van der Waals surface area contributed by atoms with E-state index in [9.17, 15) is 18.4 Å². The molecule has 8 heteroatoms. The number of ether oxygens (including phenoxy) is 2. The number of rotatable bonds is 8. The Labute approximate surface area is 153 Å². The molecule has 1 N–H and O–H groups in total. The summed E-state index contributed by atoms with van der Waals surface area (Å²) in [4.78, 5) is 24.0. The van der Waals surface area contributed by atoms with Crippen LogP contribution >= 0.6 is 11.8 Å². The summed E-state index contributed by atoms with van der Waals surface area (Å²) in [6, 6.07) is 14.7. The zero-order valence-electron chi connectivity index (χ0n) is 13.9. The summed E-state index contributed by atoms with van der Waals surface area (Å²) in [7, 11) is 0. The van der Waals surface area contributed by atoms with Crippen LogP contribution in [0.15, 0.2) is 59.5 Å². The van der Waals surface area contributed by atoms with Crippen molar-refractivity contribution in [2.45, 2.75) is 23.7 Å². The smallest absolute Gasteiger partial charge is 0.347 e. The average molecular weight is 381 g/mol. The second-order valence-electron chi connectivity index (χ2n) is 5.13. The van der Waals surface area contributed by atoms with Crippen molar-refractivity contribution in [2.24, 2.45) is 0 Å². The Morgan fingerprint density at radius 2 is 1.73 bits per heavy atom. The van der Waals surface area contributed by atoms with Gasteiger partial charge in [0.25, 0.3) is 11.7 Å². The molecule has 138 valence electrons. The molecule has 0 bridgehead atoms. The summed E-state index contributed by atoms with van der Waals surface area (Å²) in [6.07, 6.45) is -0.865. The average Bonchev–Trinajstić information content (AvgIpc) is 2.61. The number of carbonyl (C=O) groups excluding carboxylic acids is 2. The van der Waals surface area contributed by atoms with Crippen LogP contribution in [-0.4, -0.2) is 30.3 Å². The van der Waals surface area contributed by atoms with Crippen molar-refractivity contribution in [3.8, 4) is 5.75 Å². The first-order valence-electron chi connectivity index (χ1n) is 7.67. The fourth-order valence-electron chi connectivity index (χ4n) is 1.92.